The van der Waals surface area contributed by atoms with Crippen molar-refractivity contribution in [3.63, 3.8) is 0 Å². The number of hydrogen-bond donors (Lipinski definition) is 2. The highest BCUT2D eigenvalue weighted by Gasteiger charge is 2.03. The second-order valence-corrected chi connectivity index (χ2v) is 3.50. The number of aryl methyl sites for hydroxylation is 1. The molecule has 0 saturated carbocycles. The van der Waals surface area contributed by atoms with E-state index in [0.29, 0.717) is 18.9 Å². The van der Waals surface area contributed by atoms with Crippen molar-refractivity contribution in [1.82, 2.24) is 14.9 Å². The third-order valence-electron chi connectivity index (χ3n) is 2.11. The Morgan fingerprint density at radius 2 is 2.33 bits per heavy atom. The summed E-state index contributed by atoms with van der Waals surface area (Å²) in [5, 5.41) is 8.74. The molecular weight excluding hydrogens is 194 g/mol. The lowest BCUT2D eigenvalue weighted by atomic mass is 10.3. The van der Waals surface area contributed by atoms with Crippen molar-refractivity contribution in [3.05, 3.63) is 27.9 Å². The minimum Gasteiger partial charge on any atom is -0.395 e. The Balaban J connectivity index is 2.76. The Labute approximate surface area is 88.8 Å². The van der Waals surface area contributed by atoms with Crippen LogP contribution >= 0.6 is 0 Å². The second-order valence-electron chi connectivity index (χ2n) is 3.50. The van der Waals surface area contributed by atoms with Crippen LogP contribution in [0.1, 0.15) is 18.4 Å². The topological polar surface area (TPSA) is 69.2 Å². The number of aliphatic hydroxyl groups excluding tert-OH is 1. The molecule has 1 aromatic rings. The van der Waals surface area contributed by atoms with Crippen molar-refractivity contribution < 1.29 is 5.11 Å². The van der Waals surface area contributed by atoms with Crippen LogP contribution in [0.5, 0.6) is 0 Å². The third-order valence-corrected chi connectivity index (χ3v) is 2.11. The fraction of sp³-hybridized carbons (Fsp3) is 0.600. The largest absolute Gasteiger partial charge is 0.395 e. The molecule has 1 heterocycles. The monoisotopic (exact) mass is 211 g/mol. The maximum atomic E-state index is 11.2. The number of nitrogens with zero attached hydrogens (tertiary/aromatic N) is 2. The summed E-state index contributed by atoms with van der Waals surface area (Å²) in [6.07, 6.45) is 0.751. The normalized spacial score (nSPS) is 10.9. The molecule has 0 unspecified atom stereocenters. The van der Waals surface area contributed by atoms with Gasteiger partial charge in [-0.05, 0) is 13.5 Å². The molecule has 0 amide bonds. The van der Waals surface area contributed by atoms with E-state index in [0.717, 1.165) is 12.1 Å². The number of hydrogen-bond acceptors (Lipinski definition) is 4. The van der Waals surface area contributed by atoms with Gasteiger partial charge in [-0.2, -0.15) is 0 Å². The van der Waals surface area contributed by atoms with E-state index in [1.54, 1.807) is 0 Å². The smallest absolute Gasteiger partial charge is 0.251 e. The highest BCUT2D eigenvalue weighted by Crippen LogP contribution is 1.96. The van der Waals surface area contributed by atoms with Crippen LogP contribution in [0.2, 0.25) is 0 Å². The first-order chi connectivity index (χ1) is 7.15. The Morgan fingerprint density at radius 1 is 1.60 bits per heavy atom. The van der Waals surface area contributed by atoms with E-state index >= 15 is 0 Å². The Kier molecular flexibility index (Phi) is 4.45. The fourth-order valence-corrected chi connectivity index (χ4v) is 1.32. The van der Waals surface area contributed by atoms with Crippen LogP contribution < -0.4 is 5.56 Å². The Morgan fingerprint density at radius 3 is 2.93 bits per heavy atom. The number of aliphatic hydroxyl groups is 1. The predicted molar refractivity (Wildman–Crippen MR) is 57.7 cm³/mol. The van der Waals surface area contributed by atoms with Crippen molar-refractivity contribution >= 4 is 0 Å². The molecule has 0 fully saturated rings. The number of aromatic amines is 1. The van der Waals surface area contributed by atoms with Crippen molar-refractivity contribution in [1.29, 1.82) is 0 Å². The summed E-state index contributed by atoms with van der Waals surface area (Å²) in [5.41, 5.74) is 0.681. The molecule has 1 rings (SSSR count). The SMILES string of the molecule is CCc1cc(=O)[nH]c(CN(C)CCO)n1. The number of aromatic nitrogens is 2. The zero-order valence-electron chi connectivity index (χ0n) is 9.16. The highest BCUT2D eigenvalue weighted by molar-refractivity contribution is 5.02. The van der Waals surface area contributed by atoms with Gasteiger partial charge in [0.15, 0.2) is 0 Å². The standard InChI is InChI=1S/C10H17N3O2/c1-3-8-6-10(15)12-9(11-8)7-13(2)4-5-14/h6,14H,3-5,7H2,1-2H3,(H,11,12,15). The van der Waals surface area contributed by atoms with Gasteiger partial charge in [0.05, 0.1) is 13.2 Å². The molecule has 5 nitrogen and oxygen atoms in total. The van der Waals surface area contributed by atoms with Crippen LogP contribution in [0.15, 0.2) is 10.9 Å². The van der Waals surface area contributed by atoms with E-state index in [9.17, 15) is 4.79 Å². The quantitative estimate of drug-likeness (QED) is 0.705. The zero-order chi connectivity index (χ0) is 11.3. The van der Waals surface area contributed by atoms with Crippen molar-refractivity contribution in [2.45, 2.75) is 19.9 Å². The van der Waals surface area contributed by atoms with Gasteiger partial charge in [0.1, 0.15) is 5.82 Å². The first kappa shape index (κ1) is 11.9. The lowest BCUT2D eigenvalue weighted by Crippen LogP contribution is -2.24. The van der Waals surface area contributed by atoms with Crippen LogP contribution in [0.4, 0.5) is 0 Å². The minimum atomic E-state index is -0.116. The Bertz CT molecular complexity index is 362. The fourth-order valence-electron chi connectivity index (χ4n) is 1.32. The number of nitrogens with one attached hydrogen (secondary N) is 1. The molecule has 0 aliphatic rings. The van der Waals surface area contributed by atoms with Gasteiger partial charge in [0.25, 0.3) is 5.56 Å². The predicted octanol–water partition coefficient (Wildman–Crippen LogP) is -0.244. The summed E-state index contributed by atoms with van der Waals surface area (Å²) in [5.74, 6) is 0.648. The first-order valence-electron chi connectivity index (χ1n) is 5.04. The van der Waals surface area contributed by atoms with Crippen LogP contribution in [-0.4, -0.2) is 40.2 Å². The Hall–Kier alpha value is -1.20. The average molecular weight is 211 g/mol. The van der Waals surface area contributed by atoms with Crippen molar-refractivity contribution in [2.24, 2.45) is 0 Å². The second kappa shape index (κ2) is 5.63. The molecular formula is C10H17N3O2. The molecule has 0 aliphatic heterocycles. The summed E-state index contributed by atoms with van der Waals surface area (Å²) >= 11 is 0. The van der Waals surface area contributed by atoms with Gasteiger partial charge in [-0.25, -0.2) is 4.98 Å². The van der Waals surface area contributed by atoms with Gasteiger partial charge in [0.2, 0.25) is 0 Å². The lowest BCUT2D eigenvalue weighted by Gasteiger charge is -2.14. The van der Waals surface area contributed by atoms with E-state index in [2.05, 4.69) is 9.97 Å². The number of H-pyrrole nitrogens is 1. The van der Waals surface area contributed by atoms with E-state index in [1.807, 2.05) is 18.9 Å². The van der Waals surface area contributed by atoms with E-state index in [1.165, 1.54) is 6.07 Å². The van der Waals surface area contributed by atoms with Gasteiger partial charge >= 0.3 is 0 Å². The first-order valence-corrected chi connectivity index (χ1v) is 5.04. The van der Waals surface area contributed by atoms with Gasteiger partial charge in [0, 0.05) is 18.3 Å². The lowest BCUT2D eigenvalue weighted by molar-refractivity contribution is 0.214. The molecule has 0 bridgehead atoms. The van der Waals surface area contributed by atoms with E-state index in [-0.39, 0.29) is 12.2 Å². The molecule has 1 aromatic heterocycles. The van der Waals surface area contributed by atoms with Crippen molar-refractivity contribution in [2.75, 3.05) is 20.2 Å². The number of rotatable bonds is 5. The van der Waals surface area contributed by atoms with Gasteiger partial charge in [-0.3, -0.25) is 9.69 Å². The molecule has 0 radical (unpaired) electrons. The molecule has 84 valence electrons. The summed E-state index contributed by atoms with van der Waals surface area (Å²) in [7, 11) is 1.87. The van der Waals surface area contributed by atoms with E-state index < -0.39 is 0 Å². The molecule has 5 heteroatoms. The van der Waals surface area contributed by atoms with Crippen LogP contribution in [0.3, 0.4) is 0 Å². The molecule has 0 saturated heterocycles. The van der Waals surface area contributed by atoms with Crippen molar-refractivity contribution in [3.8, 4) is 0 Å². The molecule has 15 heavy (non-hydrogen) atoms. The number of likely N-dealkylation sites (N-methyl/N-ethyl adjacent to an activating group) is 1. The molecule has 0 atom stereocenters. The summed E-state index contributed by atoms with van der Waals surface area (Å²) in [6.45, 7) is 3.18. The molecule has 0 spiro atoms. The molecule has 0 aliphatic carbocycles. The zero-order valence-corrected chi connectivity index (χ0v) is 9.16. The summed E-state index contributed by atoms with van der Waals surface area (Å²) in [4.78, 5) is 20.1. The maximum Gasteiger partial charge on any atom is 0.251 e. The van der Waals surface area contributed by atoms with Crippen LogP contribution in [0.25, 0.3) is 0 Å². The van der Waals surface area contributed by atoms with Crippen LogP contribution in [-0.2, 0) is 13.0 Å². The molecule has 0 aromatic carbocycles. The van der Waals surface area contributed by atoms with E-state index in [4.69, 9.17) is 5.11 Å². The molecule has 2 N–H and O–H groups in total. The summed E-state index contributed by atoms with van der Waals surface area (Å²) in [6, 6.07) is 1.51. The highest BCUT2D eigenvalue weighted by atomic mass is 16.3. The van der Waals surface area contributed by atoms with Gasteiger partial charge < -0.3 is 10.1 Å². The maximum absolute atomic E-state index is 11.2. The minimum absolute atomic E-state index is 0.105. The third kappa shape index (κ3) is 3.81. The average Bonchev–Trinajstić information content (AvgIpc) is 2.17. The van der Waals surface area contributed by atoms with Gasteiger partial charge in [-0.1, -0.05) is 6.92 Å². The summed E-state index contributed by atoms with van der Waals surface area (Å²) < 4.78 is 0. The van der Waals surface area contributed by atoms with Gasteiger partial charge in [-0.15, -0.1) is 0 Å². The van der Waals surface area contributed by atoms with Crippen LogP contribution in [0, 0.1) is 0 Å².